The van der Waals surface area contributed by atoms with Crippen molar-refractivity contribution in [1.82, 2.24) is 20.0 Å². The molecule has 1 N–H and O–H groups in total. The molecule has 3 heterocycles. The van der Waals surface area contributed by atoms with Gasteiger partial charge in [-0.2, -0.15) is 0 Å². The molecule has 0 radical (unpaired) electrons. The Morgan fingerprint density at radius 1 is 1.24 bits per heavy atom. The van der Waals surface area contributed by atoms with Crippen molar-refractivity contribution in [2.24, 2.45) is 5.92 Å². The van der Waals surface area contributed by atoms with E-state index in [1.54, 1.807) is 35.5 Å². The maximum absolute atomic E-state index is 12.8. The lowest BCUT2D eigenvalue weighted by molar-refractivity contribution is 0.0764. The Morgan fingerprint density at radius 2 is 2.04 bits per heavy atom. The van der Waals surface area contributed by atoms with Crippen molar-refractivity contribution in [3.63, 3.8) is 0 Å². The number of nitrogens with zero attached hydrogens (tertiary/aromatic N) is 4. The molecule has 1 aliphatic rings. The molecule has 1 amide bonds. The van der Waals surface area contributed by atoms with Crippen molar-refractivity contribution in [3.8, 4) is 0 Å². The van der Waals surface area contributed by atoms with E-state index in [1.165, 1.54) is 0 Å². The first-order chi connectivity index (χ1) is 12.1. The van der Waals surface area contributed by atoms with E-state index in [9.17, 15) is 9.90 Å². The average molecular weight is 338 g/mol. The van der Waals surface area contributed by atoms with Gasteiger partial charge in [0.05, 0.1) is 22.8 Å². The third kappa shape index (κ3) is 3.10. The predicted octanol–water partition coefficient (Wildman–Crippen LogP) is 1.60. The van der Waals surface area contributed by atoms with Crippen LogP contribution in [0.1, 0.15) is 21.8 Å². The van der Waals surface area contributed by atoms with Gasteiger partial charge in [-0.25, -0.2) is 0 Å². The first kappa shape index (κ1) is 15.7. The van der Waals surface area contributed by atoms with Crippen LogP contribution in [0.25, 0.3) is 11.0 Å². The van der Waals surface area contributed by atoms with Gasteiger partial charge in [0.2, 0.25) is 0 Å². The van der Waals surface area contributed by atoms with Gasteiger partial charge in [-0.1, -0.05) is 5.16 Å². The molecule has 2 atom stereocenters. The van der Waals surface area contributed by atoms with E-state index < -0.39 is 6.10 Å². The molecule has 128 valence electrons. The lowest BCUT2D eigenvalue weighted by Crippen LogP contribution is -2.29. The number of aromatic nitrogens is 3. The zero-order valence-corrected chi connectivity index (χ0v) is 13.8. The maximum atomic E-state index is 12.8. The number of benzene rings is 1. The van der Waals surface area contributed by atoms with Crippen molar-refractivity contribution >= 4 is 16.9 Å². The number of hydrogen-bond donors (Lipinski definition) is 1. The fourth-order valence-electron chi connectivity index (χ4n) is 3.27. The van der Waals surface area contributed by atoms with E-state index in [4.69, 9.17) is 4.52 Å². The molecular formula is C18H18N4O3. The Bertz CT molecular complexity index is 923. The number of carbonyl (C=O) groups excluding carboxylic acids is 1. The standard InChI is InChI=1S/C18H18N4O3/c1-11-6-14(25-21-11)7-13-9-22(10-17(13)23)18(24)12-2-3-15-16(8-12)20-5-4-19-15/h2-6,8,13,17,23H,7,9-10H2,1H3/t13-,17+/m1/s1. The second-order valence-corrected chi connectivity index (χ2v) is 6.44. The Hall–Kier alpha value is -2.80. The molecule has 0 aliphatic carbocycles. The van der Waals surface area contributed by atoms with Crippen LogP contribution < -0.4 is 0 Å². The fraction of sp³-hybridized carbons (Fsp3) is 0.333. The minimum absolute atomic E-state index is 0.0588. The lowest BCUT2D eigenvalue weighted by Gasteiger charge is -2.16. The van der Waals surface area contributed by atoms with Crippen molar-refractivity contribution in [3.05, 3.63) is 53.7 Å². The number of β-amino-alcohol motifs (C(OH)–C–C–N with tert-alkyl or cyclic N) is 1. The number of hydrogen-bond acceptors (Lipinski definition) is 6. The van der Waals surface area contributed by atoms with Crippen LogP contribution in [0.4, 0.5) is 0 Å². The fourth-order valence-corrected chi connectivity index (χ4v) is 3.27. The van der Waals surface area contributed by atoms with Gasteiger partial charge in [0, 0.05) is 49.5 Å². The van der Waals surface area contributed by atoms with Crippen LogP contribution in [-0.4, -0.2) is 50.2 Å². The van der Waals surface area contributed by atoms with Crippen molar-refractivity contribution in [1.29, 1.82) is 0 Å². The first-order valence-electron chi connectivity index (χ1n) is 8.20. The topological polar surface area (TPSA) is 92.4 Å². The Morgan fingerprint density at radius 3 is 2.80 bits per heavy atom. The van der Waals surface area contributed by atoms with Crippen molar-refractivity contribution in [2.75, 3.05) is 13.1 Å². The quantitative estimate of drug-likeness (QED) is 0.780. The van der Waals surface area contributed by atoms with Gasteiger partial charge >= 0.3 is 0 Å². The van der Waals surface area contributed by atoms with E-state index >= 15 is 0 Å². The van der Waals surface area contributed by atoms with Gasteiger partial charge < -0.3 is 14.5 Å². The van der Waals surface area contributed by atoms with E-state index in [-0.39, 0.29) is 11.8 Å². The molecule has 1 aliphatic heterocycles. The first-order valence-corrected chi connectivity index (χ1v) is 8.20. The van der Waals surface area contributed by atoms with Crippen LogP contribution >= 0.6 is 0 Å². The Labute approximate surface area is 144 Å². The summed E-state index contributed by atoms with van der Waals surface area (Å²) >= 11 is 0. The highest BCUT2D eigenvalue weighted by molar-refractivity contribution is 5.97. The molecule has 0 unspecified atom stereocenters. The number of rotatable bonds is 3. The summed E-state index contributed by atoms with van der Waals surface area (Å²) in [6.07, 6.45) is 3.21. The summed E-state index contributed by atoms with van der Waals surface area (Å²) in [5, 5.41) is 14.2. The SMILES string of the molecule is Cc1cc(C[C@@H]2CN(C(=O)c3ccc4nccnc4c3)C[C@@H]2O)on1. The summed E-state index contributed by atoms with van der Waals surface area (Å²) in [5.74, 6) is 0.566. The van der Waals surface area contributed by atoms with Gasteiger partial charge in [0.25, 0.3) is 5.91 Å². The smallest absolute Gasteiger partial charge is 0.254 e. The molecular weight excluding hydrogens is 320 g/mol. The van der Waals surface area contributed by atoms with Gasteiger partial charge in [-0.05, 0) is 25.1 Å². The molecule has 7 heteroatoms. The molecule has 1 aromatic carbocycles. The Kier molecular flexibility index (Phi) is 3.93. The van der Waals surface area contributed by atoms with E-state index in [2.05, 4.69) is 15.1 Å². The molecule has 1 fully saturated rings. The number of aliphatic hydroxyl groups excluding tert-OH is 1. The molecule has 1 saturated heterocycles. The normalized spacial score (nSPS) is 20.3. The van der Waals surface area contributed by atoms with Crippen LogP contribution in [0.5, 0.6) is 0 Å². The molecule has 0 spiro atoms. The third-order valence-corrected chi connectivity index (χ3v) is 4.55. The van der Waals surface area contributed by atoms with Crippen LogP contribution in [0.2, 0.25) is 0 Å². The van der Waals surface area contributed by atoms with Crippen LogP contribution in [-0.2, 0) is 6.42 Å². The largest absolute Gasteiger partial charge is 0.391 e. The zero-order chi connectivity index (χ0) is 17.4. The molecule has 7 nitrogen and oxygen atoms in total. The highest BCUT2D eigenvalue weighted by Crippen LogP contribution is 2.24. The molecule has 2 aromatic heterocycles. The minimum atomic E-state index is -0.574. The number of carbonyl (C=O) groups is 1. The molecule has 0 saturated carbocycles. The summed E-state index contributed by atoms with van der Waals surface area (Å²) in [7, 11) is 0. The van der Waals surface area contributed by atoms with Gasteiger partial charge in [-0.15, -0.1) is 0 Å². The number of aliphatic hydroxyl groups is 1. The average Bonchev–Trinajstić information content (AvgIpc) is 3.20. The van der Waals surface area contributed by atoms with Crippen molar-refractivity contribution < 1.29 is 14.4 Å². The number of fused-ring (bicyclic) bond motifs is 1. The second kappa shape index (κ2) is 6.25. The zero-order valence-electron chi connectivity index (χ0n) is 13.8. The van der Waals surface area contributed by atoms with E-state index in [0.717, 1.165) is 17.0 Å². The molecule has 25 heavy (non-hydrogen) atoms. The van der Waals surface area contributed by atoms with Crippen LogP contribution in [0.3, 0.4) is 0 Å². The lowest BCUT2D eigenvalue weighted by atomic mass is 10.0. The summed E-state index contributed by atoms with van der Waals surface area (Å²) in [4.78, 5) is 22.9. The maximum Gasteiger partial charge on any atom is 0.254 e. The number of aryl methyl sites for hydroxylation is 1. The summed E-state index contributed by atoms with van der Waals surface area (Å²) in [6.45, 7) is 2.66. The summed E-state index contributed by atoms with van der Waals surface area (Å²) in [6, 6.07) is 7.14. The monoisotopic (exact) mass is 338 g/mol. The van der Waals surface area contributed by atoms with E-state index in [1.807, 2.05) is 13.0 Å². The summed E-state index contributed by atoms with van der Waals surface area (Å²) in [5.41, 5.74) is 2.80. The molecule has 3 aromatic rings. The third-order valence-electron chi connectivity index (χ3n) is 4.55. The number of amides is 1. The molecule has 4 rings (SSSR count). The van der Waals surface area contributed by atoms with E-state index in [0.29, 0.717) is 30.6 Å². The highest BCUT2D eigenvalue weighted by atomic mass is 16.5. The number of likely N-dealkylation sites (tertiary alicyclic amines) is 1. The van der Waals surface area contributed by atoms with Crippen LogP contribution in [0.15, 0.2) is 41.2 Å². The van der Waals surface area contributed by atoms with Gasteiger partial charge in [-0.3, -0.25) is 14.8 Å². The van der Waals surface area contributed by atoms with Gasteiger partial charge in [0.15, 0.2) is 0 Å². The second-order valence-electron chi connectivity index (χ2n) is 6.44. The minimum Gasteiger partial charge on any atom is -0.391 e. The van der Waals surface area contributed by atoms with Crippen molar-refractivity contribution in [2.45, 2.75) is 19.4 Å². The Balaban J connectivity index is 1.50. The van der Waals surface area contributed by atoms with Gasteiger partial charge in [0.1, 0.15) is 5.76 Å². The summed E-state index contributed by atoms with van der Waals surface area (Å²) < 4.78 is 5.22. The highest BCUT2D eigenvalue weighted by Gasteiger charge is 2.35. The van der Waals surface area contributed by atoms with Crippen LogP contribution in [0, 0.1) is 12.8 Å². The molecule has 0 bridgehead atoms. The predicted molar refractivity (Wildman–Crippen MR) is 89.9 cm³/mol.